The van der Waals surface area contributed by atoms with E-state index in [1.165, 1.54) is 10.4 Å². The quantitative estimate of drug-likeness (QED) is 0.764. The summed E-state index contributed by atoms with van der Waals surface area (Å²) in [5.41, 5.74) is 1.30. The number of halogens is 3. The summed E-state index contributed by atoms with van der Waals surface area (Å²) in [5, 5.41) is 8.84. The molecule has 0 aromatic rings. The molecule has 1 aliphatic heterocycles. The molecule has 0 radical (unpaired) electrons. The molecule has 0 amide bonds. The fourth-order valence-corrected chi connectivity index (χ4v) is 1.61. The molecule has 1 atom stereocenters. The third-order valence-electron chi connectivity index (χ3n) is 2.12. The van der Waals surface area contributed by atoms with Crippen LogP contribution in [0.1, 0.15) is 6.42 Å². The molecular weight excluding hydrogens is 200 g/mol. The summed E-state index contributed by atoms with van der Waals surface area (Å²) in [4.78, 5) is 1.53. The minimum Gasteiger partial charge on any atom is -0.395 e. The molecule has 76 valence electrons. The predicted octanol–water partition coefficient (Wildman–Crippen LogP) is 1.44. The van der Waals surface area contributed by atoms with Crippen molar-refractivity contribution >= 4 is 11.6 Å². The monoisotopic (exact) mass is 211 g/mol. The van der Waals surface area contributed by atoms with Gasteiger partial charge in [0.25, 0.3) is 5.92 Å². The molecule has 13 heavy (non-hydrogen) atoms. The second kappa shape index (κ2) is 4.35. The Labute approximate surface area is 80.8 Å². The van der Waals surface area contributed by atoms with Gasteiger partial charge in [-0.05, 0) is 0 Å². The van der Waals surface area contributed by atoms with E-state index in [0.717, 1.165) is 0 Å². The summed E-state index contributed by atoms with van der Waals surface area (Å²) >= 11 is 5.28. The number of hydrogen-bond donors (Lipinski definition) is 1. The van der Waals surface area contributed by atoms with Crippen LogP contribution in [0, 0.1) is 0 Å². The molecular formula is C8H12ClF2NO. The molecule has 0 aromatic heterocycles. The van der Waals surface area contributed by atoms with Crippen molar-refractivity contribution in [2.75, 3.05) is 19.7 Å². The molecule has 0 bridgehead atoms. The van der Waals surface area contributed by atoms with Crippen molar-refractivity contribution in [1.29, 1.82) is 0 Å². The molecule has 1 fully saturated rings. The second-order valence-electron chi connectivity index (χ2n) is 3.19. The highest BCUT2D eigenvalue weighted by molar-refractivity contribution is 6.25. The van der Waals surface area contributed by atoms with Crippen LogP contribution in [0.2, 0.25) is 0 Å². The summed E-state index contributed by atoms with van der Waals surface area (Å²) < 4.78 is 25.7. The lowest BCUT2D eigenvalue weighted by Crippen LogP contribution is -2.32. The molecule has 1 aliphatic rings. The standard InChI is InChI=1S/C8H12ClF2NO/c9-2-1-3-12-6-8(10,11)4-7(12)5-13/h1-2,7,13H,3-6H2/b2-1+. The van der Waals surface area contributed by atoms with Crippen molar-refractivity contribution in [3.63, 3.8) is 0 Å². The van der Waals surface area contributed by atoms with Crippen LogP contribution in [0.25, 0.3) is 0 Å². The van der Waals surface area contributed by atoms with Crippen molar-refractivity contribution in [3.8, 4) is 0 Å². The topological polar surface area (TPSA) is 23.5 Å². The van der Waals surface area contributed by atoms with Crippen molar-refractivity contribution in [1.82, 2.24) is 4.90 Å². The van der Waals surface area contributed by atoms with Crippen LogP contribution >= 0.6 is 11.6 Å². The minimum atomic E-state index is -2.67. The van der Waals surface area contributed by atoms with E-state index in [1.807, 2.05) is 0 Å². The Hall–Kier alpha value is -0.190. The number of likely N-dealkylation sites (tertiary alicyclic amines) is 1. The summed E-state index contributed by atoms with van der Waals surface area (Å²) in [6.07, 6.45) is 1.32. The van der Waals surface area contributed by atoms with Crippen molar-refractivity contribution < 1.29 is 13.9 Å². The van der Waals surface area contributed by atoms with Crippen molar-refractivity contribution in [2.45, 2.75) is 18.4 Å². The molecule has 1 unspecified atom stereocenters. The number of aliphatic hydroxyl groups excluding tert-OH is 1. The SMILES string of the molecule is OCC1CC(F)(F)CN1C/C=C/Cl. The maximum atomic E-state index is 12.8. The van der Waals surface area contributed by atoms with Crippen LogP contribution in [0.3, 0.4) is 0 Å². The van der Waals surface area contributed by atoms with Crippen molar-refractivity contribution in [3.05, 3.63) is 11.6 Å². The normalized spacial score (nSPS) is 28.8. The van der Waals surface area contributed by atoms with Gasteiger partial charge in [0.1, 0.15) is 0 Å². The van der Waals surface area contributed by atoms with E-state index < -0.39 is 12.0 Å². The van der Waals surface area contributed by atoms with E-state index in [-0.39, 0.29) is 19.6 Å². The molecule has 0 aliphatic carbocycles. The van der Waals surface area contributed by atoms with Crippen LogP contribution < -0.4 is 0 Å². The number of rotatable bonds is 3. The molecule has 1 heterocycles. The van der Waals surface area contributed by atoms with Gasteiger partial charge in [-0.25, -0.2) is 8.78 Å². The average molecular weight is 212 g/mol. The molecule has 0 saturated carbocycles. The number of hydrogen-bond acceptors (Lipinski definition) is 2. The maximum Gasteiger partial charge on any atom is 0.262 e. The number of aliphatic hydroxyl groups is 1. The summed E-state index contributed by atoms with van der Waals surface area (Å²) in [6, 6.07) is -0.442. The van der Waals surface area contributed by atoms with Crippen LogP contribution in [0.5, 0.6) is 0 Å². The summed E-state index contributed by atoms with van der Waals surface area (Å²) in [5.74, 6) is -2.67. The average Bonchev–Trinajstić information content (AvgIpc) is 2.37. The van der Waals surface area contributed by atoms with E-state index >= 15 is 0 Å². The third-order valence-corrected chi connectivity index (χ3v) is 2.30. The van der Waals surface area contributed by atoms with Gasteiger partial charge < -0.3 is 5.11 Å². The molecule has 1 N–H and O–H groups in total. The second-order valence-corrected chi connectivity index (χ2v) is 3.44. The van der Waals surface area contributed by atoms with Crippen molar-refractivity contribution in [2.24, 2.45) is 0 Å². The number of alkyl halides is 2. The summed E-state index contributed by atoms with van der Waals surface area (Å²) in [7, 11) is 0. The lowest BCUT2D eigenvalue weighted by atomic mass is 10.2. The summed E-state index contributed by atoms with van der Waals surface area (Å²) in [6.45, 7) is -0.157. The van der Waals surface area contributed by atoms with Crippen LogP contribution in [0.4, 0.5) is 8.78 Å². The van der Waals surface area contributed by atoms with Crippen LogP contribution in [0.15, 0.2) is 11.6 Å². The fraction of sp³-hybridized carbons (Fsp3) is 0.750. The van der Waals surface area contributed by atoms with E-state index in [1.54, 1.807) is 6.08 Å². The predicted molar refractivity (Wildman–Crippen MR) is 47.0 cm³/mol. The third kappa shape index (κ3) is 2.90. The molecule has 0 aromatic carbocycles. The Bertz CT molecular complexity index is 199. The lowest BCUT2D eigenvalue weighted by molar-refractivity contribution is 0.0126. The van der Waals surface area contributed by atoms with Gasteiger partial charge in [0.05, 0.1) is 13.2 Å². The highest BCUT2D eigenvalue weighted by Crippen LogP contribution is 2.31. The molecule has 0 spiro atoms. The van der Waals surface area contributed by atoms with Crippen LogP contribution in [-0.4, -0.2) is 41.7 Å². The zero-order valence-electron chi connectivity index (χ0n) is 7.09. The Kier molecular flexibility index (Phi) is 3.64. The minimum absolute atomic E-state index is 0.230. The smallest absolute Gasteiger partial charge is 0.262 e. The van der Waals surface area contributed by atoms with Gasteiger partial charge in [-0.15, -0.1) is 0 Å². The number of nitrogens with zero attached hydrogens (tertiary/aromatic N) is 1. The van der Waals surface area contributed by atoms with Gasteiger partial charge in [0.15, 0.2) is 0 Å². The Morgan fingerprint density at radius 2 is 2.31 bits per heavy atom. The maximum absolute atomic E-state index is 12.8. The first kappa shape index (κ1) is 10.9. The highest BCUT2D eigenvalue weighted by Gasteiger charge is 2.43. The lowest BCUT2D eigenvalue weighted by Gasteiger charge is -2.19. The molecule has 2 nitrogen and oxygen atoms in total. The highest BCUT2D eigenvalue weighted by atomic mass is 35.5. The van der Waals surface area contributed by atoms with Gasteiger partial charge in [-0.3, -0.25) is 4.90 Å². The first-order chi connectivity index (χ1) is 6.09. The van der Waals surface area contributed by atoms with Crippen LogP contribution in [-0.2, 0) is 0 Å². The molecule has 1 saturated heterocycles. The van der Waals surface area contributed by atoms with Gasteiger partial charge in [-0.1, -0.05) is 17.7 Å². The van der Waals surface area contributed by atoms with Gasteiger partial charge >= 0.3 is 0 Å². The molecule has 5 heteroatoms. The zero-order valence-corrected chi connectivity index (χ0v) is 7.84. The zero-order chi connectivity index (χ0) is 9.90. The fourth-order valence-electron chi connectivity index (χ4n) is 1.53. The van der Waals surface area contributed by atoms with E-state index in [2.05, 4.69) is 0 Å². The Balaban J connectivity index is 2.53. The van der Waals surface area contributed by atoms with E-state index in [0.29, 0.717) is 6.54 Å². The Morgan fingerprint density at radius 1 is 1.62 bits per heavy atom. The largest absolute Gasteiger partial charge is 0.395 e. The van der Waals surface area contributed by atoms with E-state index in [9.17, 15) is 8.78 Å². The molecule has 1 rings (SSSR count). The van der Waals surface area contributed by atoms with Gasteiger partial charge in [0, 0.05) is 24.5 Å². The van der Waals surface area contributed by atoms with E-state index in [4.69, 9.17) is 16.7 Å². The van der Waals surface area contributed by atoms with Gasteiger partial charge in [0.2, 0.25) is 0 Å². The first-order valence-electron chi connectivity index (χ1n) is 4.07. The Morgan fingerprint density at radius 3 is 2.85 bits per heavy atom. The van der Waals surface area contributed by atoms with Gasteiger partial charge in [-0.2, -0.15) is 0 Å². The first-order valence-corrected chi connectivity index (χ1v) is 4.50.